The average Bonchev–Trinajstić information content (AvgIpc) is 2.55. The monoisotopic (exact) mass is 320 g/mol. The van der Waals surface area contributed by atoms with Crippen LogP contribution < -0.4 is 0 Å². The van der Waals surface area contributed by atoms with Crippen LogP contribution in [0.3, 0.4) is 0 Å². The second kappa shape index (κ2) is 8.52. The van der Waals surface area contributed by atoms with E-state index in [1.165, 1.54) is 12.0 Å². The molecular formula is C19H28O2S. The summed E-state index contributed by atoms with van der Waals surface area (Å²) < 4.78 is 17.6. The van der Waals surface area contributed by atoms with Crippen LogP contribution in [-0.2, 0) is 15.5 Å². The zero-order valence-electron chi connectivity index (χ0n) is 13.8. The first-order valence-corrected chi connectivity index (χ1v) is 9.83. The molecule has 1 heterocycles. The van der Waals surface area contributed by atoms with Crippen LogP contribution in [0, 0.1) is 5.41 Å². The minimum Gasteiger partial charge on any atom is -0.501 e. The lowest BCUT2D eigenvalue weighted by Crippen LogP contribution is -2.33. The molecule has 0 radical (unpaired) electrons. The molecule has 1 fully saturated rings. The molecule has 1 saturated heterocycles. The van der Waals surface area contributed by atoms with Gasteiger partial charge < -0.3 is 4.74 Å². The summed E-state index contributed by atoms with van der Waals surface area (Å²) in [7, 11) is -0.602. The maximum absolute atomic E-state index is 11.8. The molecule has 0 bridgehead atoms. The van der Waals surface area contributed by atoms with Gasteiger partial charge in [0.05, 0.1) is 12.9 Å². The summed E-state index contributed by atoms with van der Waals surface area (Å²) in [5.41, 5.74) is 2.66. The summed E-state index contributed by atoms with van der Waals surface area (Å²) in [4.78, 5) is 0. The molecule has 0 aliphatic carbocycles. The van der Waals surface area contributed by atoms with Crippen LogP contribution >= 0.6 is 0 Å². The Morgan fingerprint density at radius 3 is 2.82 bits per heavy atom. The van der Waals surface area contributed by atoms with Crippen LogP contribution in [0.1, 0.15) is 51.5 Å². The van der Waals surface area contributed by atoms with E-state index in [0.29, 0.717) is 5.41 Å². The molecule has 2 rings (SSSR count). The molecule has 0 saturated carbocycles. The van der Waals surface area contributed by atoms with E-state index >= 15 is 0 Å². The van der Waals surface area contributed by atoms with Crippen molar-refractivity contribution in [2.45, 2.75) is 46.0 Å². The summed E-state index contributed by atoms with van der Waals surface area (Å²) in [6.07, 6.45) is 7.53. The fourth-order valence-electron chi connectivity index (χ4n) is 3.23. The second-order valence-electron chi connectivity index (χ2n) is 6.39. The lowest BCUT2D eigenvalue weighted by molar-refractivity contribution is 0.193. The van der Waals surface area contributed by atoms with Gasteiger partial charge in [0, 0.05) is 22.3 Å². The zero-order valence-corrected chi connectivity index (χ0v) is 14.7. The quantitative estimate of drug-likeness (QED) is 0.533. The first-order valence-electron chi connectivity index (χ1n) is 8.34. The van der Waals surface area contributed by atoms with Gasteiger partial charge in [-0.15, -0.1) is 0 Å². The third-order valence-electron chi connectivity index (χ3n) is 4.75. The van der Waals surface area contributed by atoms with Crippen molar-refractivity contribution in [3.05, 3.63) is 42.2 Å². The average molecular weight is 320 g/mol. The summed E-state index contributed by atoms with van der Waals surface area (Å²) in [5.74, 6) is 1.79. The smallest absolute Gasteiger partial charge is 0.0873 e. The minimum absolute atomic E-state index is 0.296. The van der Waals surface area contributed by atoms with Crippen LogP contribution in [0.4, 0.5) is 0 Å². The third-order valence-corrected chi connectivity index (χ3v) is 6.43. The number of ether oxygens (including phenoxy) is 1. The Morgan fingerprint density at radius 2 is 2.14 bits per heavy atom. The van der Waals surface area contributed by atoms with Gasteiger partial charge in [0.2, 0.25) is 0 Å². The standard InChI is InChI=1S/C19H28O2S/c1-3-19(12-8-14-22(20)16-19)11-7-13-21-15-17(2)18-9-5-4-6-10-18/h4-6,9-10,15H,3,7-8,11-14,16H2,1-2H3/b17-15-. The summed E-state index contributed by atoms with van der Waals surface area (Å²) >= 11 is 0. The van der Waals surface area contributed by atoms with E-state index in [1.54, 1.807) is 0 Å². The summed E-state index contributed by atoms with van der Waals surface area (Å²) in [5, 5.41) is 0. The van der Waals surface area contributed by atoms with E-state index < -0.39 is 10.8 Å². The largest absolute Gasteiger partial charge is 0.501 e. The van der Waals surface area contributed by atoms with Crippen molar-refractivity contribution < 1.29 is 8.95 Å². The van der Waals surface area contributed by atoms with Crippen LogP contribution in [0.25, 0.3) is 5.57 Å². The highest BCUT2D eigenvalue weighted by Gasteiger charge is 2.32. The predicted octanol–water partition coefficient (Wildman–Crippen LogP) is 4.78. The topological polar surface area (TPSA) is 26.3 Å². The van der Waals surface area contributed by atoms with Crippen molar-refractivity contribution in [3.63, 3.8) is 0 Å². The number of rotatable bonds is 7. The van der Waals surface area contributed by atoms with Crippen molar-refractivity contribution in [3.8, 4) is 0 Å². The van der Waals surface area contributed by atoms with Crippen LogP contribution in [0.5, 0.6) is 0 Å². The van der Waals surface area contributed by atoms with Gasteiger partial charge in [-0.1, -0.05) is 37.3 Å². The minimum atomic E-state index is -0.602. The molecule has 0 amide bonds. The number of benzene rings is 1. The van der Waals surface area contributed by atoms with E-state index in [4.69, 9.17) is 4.74 Å². The zero-order chi connectivity index (χ0) is 15.8. The van der Waals surface area contributed by atoms with Crippen LogP contribution in [0.15, 0.2) is 36.6 Å². The van der Waals surface area contributed by atoms with Gasteiger partial charge in [-0.3, -0.25) is 4.21 Å². The molecule has 2 nitrogen and oxygen atoms in total. The van der Waals surface area contributed by atoms with Gasteiger partial charge in [-0.05, 0) is 55.6 Å². The van der Waals surface area contributed by atoms with Crippen molar-refractivity contribution >= 4 is 16.4 Å². The van der Waals surface area contributed by atoms with E-state index in [0.717, 1.165) is 49.4 Å². The lowest BCUT2D eigenvalue weighted by atomic mass is 9.78. The van der Waals surface area contributed by atoms with Gasteiger partial charge >= 0.3 is 0 Å². The summed E-state index contributed by atoms with van der Waals surface area (Å²) in [6.45, 7) is 5.06. The lowest BCUT2D eigenvalue weighted by Gasteiger charge is -2.36. The molecule has 1 aliphatic heterocycles. The first kappa shape index (κ1) is 17.3. The van der Waals surface area contributed by atoms with Crippen molar-refractivity contribution in [1.82, 2.24) is 0 Å². The van der Waals surface area contributed by atoms with Crippen LogP contribution in [-0.4, -0.2) is 22.3 Å². The number of allylic oxidation sites excluding steroid dienone is 1. The Bertz CT molecular complexity index is 509. The van der Waals surface area contributed by atoms with Gasteiger partial charge in [0.25, 0.3) is 0 Å². The van der Waals surface area contributed by atoms with Crippen molar-refractivity contribution in [2.75, 3.05) is 18.1 Å². The molecule has 122 valence electrons. The highest BCUT2D eigenvalue weighted by molar-refractivity contribution is 7.85. The first-order chi connectivity index (χ1) is 10.7. The Morgan fingerprint density at radius 1 is 1.36 bits per heavy atom. The molecule has 2 atom stereocenters. The highest BCUT2D eigenvalue weighted by Crippen LogP contribution is 2.37. The van der Waals surface area contributed by atoms with Gasteiger partial charge in [0.1, 0.15) is 0 Å². The number of hydrogen-bond donors (Lipinski definition) is 0. The fraction of sp³-hybridized carbons (Fsp3) is 0.579. The van der Waals surface area contributed by atoms with E-state index in [-0.39, 0.29) is 0 Å². The molecule has 0 N–H and O–H groups in total. The maximum Gasteiger partial charge on any atom is 0.0873 e. The van der Waals surface area contributed by atoms with E-state index in [1.807, 2.05) is 24.5 Å². The molecule has 22 heavy (non-hydrogen) atoms. The second-order valence-corrected chi connectivity index (χ2v) is 7.96. The molecule has 2 unspecified atom stereocenters. The highest BCUT2D eigenvalue weighted by atomic mass is 32.2. The Balaban J connectivity index is 1.75. The number of hydrogen-bond acceptors (Lipinski definition) is 2. The third kappa shape index (κ3) is 4.98. The van der Waals surface area contributed by atoms with E-state index in [9.17, 15) is 4.21 Å². The Hall–Kier alpha value is -1.09. The molecule has 0 spiro atoms. The van der Waals surface area contributed by atoms with Crippen molar-refractivity contribution in [1.29, 1.82) is 0 Å². The fourth-order valence-corrected chi connectivity index (χ4v) is 5.02. The van der Waals surface area contributed by atoms with E-state index in [2.05, 4.69) is 26.0 Å². The summed E-state index contributed by atoms with van der Waals surface area (Å²) in [6, 6.07) is 10.3. The molecule has 1 aromatic rings. The Labute approximate surface area is 137 Å². The normalized spacial score (nSPS) is 25.9. The predicted molar refractivity (Wildman–Crippen MR) is 95.1 cm³/mol. The molecular weight excluding hydrogens is 292 g/mol. The molecule has 0 aromatic heterocycles. The molecule has 3 heteroatoms. The maximum atomic E-state index is 11.8. The Kier molecular flexibility index (Phi) is 6.69. The van der Waals surface area contributed by atoms with Crippen LogP contribution in [0.2, 0.25) is 0 Å². The van der Waals surface area contributed by atoms with Gasteiger partial charge in [-0.2, -0.15) is 0 Å². The van der Waals surface area contributed by atoms with Gasteiger partial charge in [0.15, 0.2) is 0 Å². The molecule has 1 aromatic carbocycles. The SMILES string of the molecule is CCC1(CCCO/C=C(/C)c2ccccc2)CCCS(=O)C1. The van der Waals surface area contributed by atoms with Crippen molar-refractivity contribution in [2.24, 2.45) is 5.41 Å². The molecule has 1 aliphatic rings. The van der Waals surface area contributed by atoms with Gasteiger partial charge in [-0.25, -0.2) is 0 Å².